The fourth-order valence-corrected chi connectivity index (χ4v) is 3.00. The van der Waals surface area contributed by atoms with Crippen molar-refractivity contribution in [3.05, 3.63) is 47.7 Å². The molecule has 2 heterocycles. The van der Waals surface area contributed by atoms with Gasteiger partial charge in [0.15, 0.2) is 0 Å². The maximum atomic E-state index is 12.9. The molecule has 1 aromatic heterocycles. The van der Waals surface area contributed by atoms with Crippen molar-refractivity contribution in [3.63, 3.8) is 0 Å². The molecule has 0 spiro atoms. The third kappa shape index (κ3) is 4.43. The van der Waals surface area contributed by atoms with Gasteiger partial charge in [-0.25, -0.2) is 14.4 Å². The summed E-state index contributed by atoms with van der Waals surface area (Å²) < 4.78 is 18.4. The quantitative estimate of drug-likeness (QED) is 0.855. The second kappa shape index (κ2) is 7.76. The number of aromatic nitrogens is 2. The van der Waals surface area contributed by atoms with Gasteiger partial charge >= 0.3 is 0 Å². The summed E-state index contributed by atoms with van der Waals surface area (Å²) in [5, 5.41) is 10.3. The van der Waals surface area contributed by atoms with Crippen LogP contribution in [0.3, 0.4) is 0 Å². The van der Waals surface area contributed by atoms with Crippen molar-refractivity contribution in [2.24, 2.45) is 0 Å². The lowest BCUT2D eigenvalue weighted by atomic mass is 10.1. The summed E-state index contributed by atoms with van der Waals surface area (Å²) in [6.07, 6.45) is 1.82. The van der Waals surface area contributed by atoms with E-state index in [1.807, 2.05) is 19.0 Å². The zero-order valence-corrected chi connectivity index (χ0v) is 14.5. The van der Waals surface area contributed by atoms with Crippen LogP contribution in [0, 0.1) is 5.82 Å². The fourth-order valence-electron chi connectivity index (χ4n) is 3.00. The Bertz CT molecular complexity index is 709. The van der Waals surface area contributed by atoms with E-state index in [4.69, 9.17) is 4.74 Å². The summed E-state index contributed by atoms with van der Waals surface area (Å²) in [4.78, 5) is 12.9. The minimum Gasteiger partial charge on any atom is -0.491 e. The standard InChI is InChI=1S/C18H23FN4O2/c1-22(2)18-16-10-23(8-7-17(16)20-12-21-18)9-14(24)11-25-15-5-3-13(19)4-6-15/h3-6,12,14,24H,7-11H2,1-2H3/t14-/m0/s1. The minimum absolute atomic E-state index is 0.167. The number of ether oxygens (including phenoxy) is 1. The Morgan fingerprint density at radius 2 is 2.04 bits per heavy atom. The lowest BCUT2D eigenvalue weighted by Crippen LogP contribution is -2.39. The number of fused-ring (bicyclic) bond motifs is 1. The Morgan fingerprint density at radius 1 is 1.28 bits per heavy atom. The zero-order valence-electron chi connectivity index (χ0n) is 14.5. The Balaban J connectivity index is 1.56. The average Bonchev–Trinajstić information content (AvgIpc) is 2.60. The van der Waals surface area contributed by atoms with Crippen molar-refractivity contribution < 1.29 is 14.2 Å². The predicted octanol–water partition coefficient (Wildman–Crippen LogP) is 1.48. The highest BCUT2D eigenvalue weighted by molar-refractivity contribution is 5.48. The number of halogens is 1. The third-order valence-corrected chi connectivity index (χ3v) is 4.21. The summed E-state index contributed by atoms with van der Waals surface area (Å²) in [6, 6.07) is 5.79. The molecule has 134 valence electrons. The van der Waals surface area contributed by atoms with Gasteiger partial charge in [0.2, 0.25) is 0 Å². The van der Waals surface area contributed by atoms with Crippen LogP contribution < -0.4 is 9.64 Å². The molecule has 7 heteroatoms. The van der Waals surface area contributed by atoms with E-state index in [1.54, 1.807) is 18.5 Å². The molecule has 0 fully saturated rings. The van der Waals surface area contributed by atoms with Crippen LogP contribution in [0.1, 0.15) is 11.3 Å². The molecule has 0 saturated carbocycles. The first-order valence-corrected chi connectivity index (χ1v) is 8.32. The molecule has 1 N–H and O–H groups in total. The first-order valence-electron chi connectivity index (χ1n) is 8.32. The third-order valence-electron chi connectivity index (χ3n) is 4.21. The van der Waals surface area contributed by atoms with Crippen molar-refractivity contribution >= 4 is 5.82 Å². The van der Waals surface area contributed by atoms with Gasteiger partial charge in [-0.3, -0.25) is 4.90 Å². The van der Waals surface area contributed by atoms with Gasteiger partial charge < -0.3 is 14.7 Å². The Kier molecular flexibility index (Phi) is 5.45. The fraction of sp³-hybridized carbons (Fsp3) is 0.444. The van der Waals surface area contributed by atoms with Gasteiger partial charge in [-0.1, -0.05) is 0 Å². The molecule has 0 bridgehead atoms. The van der Waals surface area contributed by atoms with Crippen molar-refractivity contribution in [2.75, 3.05) is 38.7 Å². The monoisotopic (exact) mass is 346 g/mol. The number of hydrogen-bond acceptors (Lipinski definition) is 6. The van der Waals surface area contributed by atoms with E-state index in [1.165, 1.54) is 12.1 Å². The zero-order chi connectivity index (χ0) is 17.8. The summed E-state index contributed by atoms with van der Waals surface area (Å²) in [6.45, 7) is 2.21. The van der Waals surface area contributed by atoms with E-state index in [2.05, 4.69) is 14.9 Å². The molecule has 2 aromatic rings. The maximum absolute atomic E-state index is 12.9. The van der Waals surface area contributed by atoms with E-state index in [0.29, 0.717) is 18.8 Å². The molecule has 0 unspecified atom stereocenters. The lowest BCUT2D eigenvalue weighted by molar-refractivity contribution is 0.0635. The summed E-state index contributed by atoms with van der Waals surface area (Å²) in [7, 11) is 3.93. The SMILES string of the molecule is CN(C)c1ncnc2c1CN(C[C@H](O)COc1ccc(F)cc1)CC2. The smallest absolute Gasteiger partial charge is 0.136 e. The minimum atomic E-state index is -0.626. The molecule has 1 atom stereocenters. The van der Waals surface area contributed by atoms with E-state index in [-0.39, 0.29) is 12.4 Å². The molecule has 0 radical (unpaired) electrons. The van der Waals surface area contributed by atoms with Crippen LogP contribution in [0.15, 0.2) is 30.6 Å². The van der Waals surface area contributed by atoms with Crippen molar-refractivity contribution in [1.82, 2.24) is 14.9 Å². The molecule has 0 amide bonds. The Labute approximate surface area is 146 Å². The molecule has 3 rings (SSSR count). The number of nitrogens with zero attached hydrogens (tertiary/aromatic N) is 4. The molecule has 0 saturated heterocycles. The molecular formula is C18H23FN4O2. The average molecular weight is 346 g/mol. The van der Waals surface area contributed by atoms with Gasteiger partial charge in [-0.2, -0.15) is 0 Å². The van der Waals surface area contributed by atoms with E-state index >= 15 is 0 Å². The van der Waals surface area contributed by atoms with E-state index in [9.17, 15) is 9.50 Å². The number of hydrogen-bond donors (Lipinski definition) is 1. The summed E-state index contributed by atoms with van der Waals surface area (Å²) >= 11 is 0. The lowest BCUT2D eigenvalue weighted by Gasteiger charge is -2.31. The molecule has 1 aromatic carbocycles. The van der Waals surface area contributed by atoms with E-state index in [0.717, 1.165) is 30.0 Å². The maximum Gasteiger partial charge on any atom is 0.136 e. The molecule has 6 nitrogen and oxygen atoms in total. The Hall–Kier alpha value is -2.25. The van der Waals surface area contributed by atoms with Crippen LogP contribution in [0.5, 0.6) is 5.75 Å². The van der Waals surface area contributed by atoms with Crippen LogP contribution in [-0.2, 0) is 13.0 Å². The second-order valence-electron chi connectivity index (χ2n) is 6.42. The number of benzene rings is 1. The summed E-state index contributed by atoms with van der Waals surface area (Å²) in [5.74, 6) is 1.17. The van der Waals surface area contributed by atoms with Crippen LogP contribution in [0.4, 0.5) is 10.2 Å². The molecule has 1 aliphatic heterocycles. The highest BCUT2D eigenvalue weighted by atomic mass is 19.1. The van der Waals surface area contributed by atoms with E-state index < -0.39 is 6.10 Å². The number of β-amino-alcohol motifs (C(OH)–C–C–N with tert-alkyl or cyclic N) is 1. The molecular weight excluding hydrogens is 323 g/mol. The largest absolute Gasteiger partial charge is 0.491 e. The number of aliphatic hydroxyl groups is 1. The highest BCUT2D eigenvalue weighted by Gasteiger charge is 2.23. The molecule has 0 aliphatic carbocycles. The summed E-state index contributed by atoms with van der Waals surface area (Å²) in [5.41, 5.74) is 2.19. The second-order valence-corrected chi connectivity index (χ2v) is 6.42. The first-order chi connectivity index (χ1) is 12.0. The topological polar surface area (TPSA) is 61.7 Å². The first kappa shape index (κ1) is 17.6. The van der Waals surface area contributed by atoms with Gasteiger partial charge in [-0.15, -0.1) is 0 Å². The van der Waals surface area contributed by atoms with Crippen molar-refractivity contribution in [1.29, 1.82) is 0 Å². The Morgan fingerprint density at radius 3 is 2.76 bits per heavy atom. The molecule has 25 heavy (non-hydrogen) atoms. The van der Waals surface area contributed by atoms with Gasteiger partial charge in [0.05, 0.1) is 5.69 Å². The van der Waals surface area contributed by atoms with Crippen LogP contribution >= 0.6 is 0 Å². The predicted molar refractivity (Wildman–Crippen MR) is 93.2 cm³/mol. The number of aliphatic hydroxyl groups excluding tert-OH is 1. The van der Waals surface area contributed by atoms with Crippen LogP contribution in [0.25, 0.3) is 0 Å². The van der Waals surface area contributed by atoms with Crippen LogP contribution in [-0.4, -0.2) is 59.9 Å². The normalized spacial score (nSPS) is 15.5. The van der Waals surface area contributed by atoms with Gasteiger partial charge in [0.25, 0.3) is 0 Å². The number of rotatable bonds is 6. The van der Waals surface area contributed by atoms with Gasteiger partial charge in [0, 0.05) is 45.7 Å². The van der Waals surface area contributed by atoms with Gasteiger partial charge in [0.1, 0.15) is 36.4 Å². The number of anilines is 1. The van der Waals surface area contributed by atoms with Crippen LogP contribution in [0.2, 0.25) is 0 Å². The molecule has 1 aliphatic rings. The highest BCUT2D eigenvalue weighted by Crippen LogP contribution is 2.24. The van der Waals surface area contributed by atoms with Gasteiger partial charge in [-0.05, 0) is 24.3 Å². The van der Waals surface area contributed by atoms with Crippen molar-refractivity contribution in [2.45, 2.75) is 19.1 Å². The van der Waals surface area contributed by atoms with Crippen molar-refractivity contribution in [3.8, 4) is 5.75 Å².